The molecule has 0 aliphatic rings. The van der Waals surface area contributed by atoms with Crippen molar-refractivity contribution in [1.29, 1.82) is 0 Å². The fourth-order valence-corrected chi connectivity index (χ4v) is 4.24. The maximum atomic E-state index is 13.6. The Kier molecular flexibility index (Phi) is 6.91. The second-order valence-electron chi connectivity index (χ2n) is 4.30. The fourth-order valence-electron chi connectivity index (χ4n) is 1.99. The first-order valence-corrected chi connectivity index (χ1v) is 8.60. The molecule has 0 heterocycles. The van der Waals surface area contributed by atoms with Gasteiger partial charge in [0, 0.05) is 31.9 Å². The van der Waals surface area contributed by atoms with Crippen molar-refractivity contribution in [3.8, 4) is 0 Å². The van der Waals surface area contributed by atoms with E-state index in [1.165, 1.54) is 7.11 Å². The van der Waals surface area contributed by atoms with Gasteiger partial charge in [0.25, 0.3) is 0 Å². The van der Waals surface area contributed by atoms with Crippen LogP contribution in [0.15, 0.2) is 0 Å². The van der Waals surface area contributed by atoms with Gasteiger partial charge < -0.3 is 13.3 Å². The highest BCUT2D eigenvalue weighted by atomic mass is 28.4. The zero-order valence-electron chi connectivity index (χ0n) is 12.4. The van der Waals surface area contributed by atoms with E-state index in [4.69, 9.17) is 13.3 Å². The summed E-state index contributed by atoms with van der Waals surface area (Å²) < 4.78 is 82.5. The molecule has 0 saturated heterocycles. The van der Waals surface area contributed by atoms with E-state index in [1.807, 2.05) is 0 Å². The summed E-state index contributed by atoms with van der Waals surface area (Å²) in [5, 5.41) is 0. The number of benzene rings is 1. The van der Waals surface area contributed by atoms with Crippen LogP contribution < -0.4 is 0 Å². The van der Waals surface area contributed by atoms with Crippen molar-refractivity contribution in [1.82, 2.24) is 0 Å². The summed E-state index contributed by atoms with van der Waals surface area (Å²) in [4.78, 5) is 0. The van der Waals surface area contributed by atoms with Gasteiger partial charge in [-0.25, -0.2) is 22.0 Å². The minimum absolute atomic E-state index is 0.108. The van der Waals surface area contributed by atoms with Gasteiger partial charge in [-0.1, -0.05) is 0 Å². The van der Waals surface area contributed by atoms with E-state index in [-0.39, 0.29) is 19.3 Å². The van der Waals surface area contributed by atoms with Gasteiger partial charge in [-0.05, 0) is 20.3 Å². The molecule has 0 N–H and O–H groups in total. The molecule has 0 atom stereocenters. The molecular formula is C13H17F5O3Si. The largest absolute Gasteiger partial charge is 0.501 e. The lowest BCUT2D eigenvalue weighted by Gasteiger charge is -2.27. The second kappa shape index (κ2) is 8.00. The standard InChI is InChI=1S/C13H17F5O3Si/c1-4-20-22(19-3,21-5-2)7-6-8-9(14)11(16)13(18)12(17)10(8)15/h4-7H2,1-3H3. The van der Waals surface area contributed by atoms with E-state index >= 15 is 0 Å². The van der Waals surface area contributed by atoms with Crippen LogP contribution in [-0.2, 0) is 19.7 Å². The lowest BCUT2D eigenvalue weighted by atomic mass is 10.1. The van der Waals surface area contributed by atoms with Crippen molar-refractivity contribution >= 4 is 8.80 Å². The average Bonchev–Trinajstić information content (AvgIpc) is 2.51. The molecule has 3 nitrogen and oxygen atoms in total. The average molecular weight is 344 g/mol. The van der Waals surface area contributed by atoms with Crippen LogP contribution in [0, 0.1) is 29.1 Å². The number of rotatable bonds is 8. The molecule has 0 spiro atoms. The fraction of sp³-hybridized carbons (Fsp3) is 0.538. The number of halogens is 5. The molecular weight excluding hydrogens is 327 g/mol. The first-order chi connectivity index (χ1) is 10.3. The van der Waals surface area contributed by atoms with Crippen molar-refractivity contribution in [2.24, 2.45) is 0 Å². The van der Waals surface area contributed by atoms with E-state index in [0.29, 0.717) is 0 Å². The minimum Gasteiger partial charge on any atom is -0.377 e. The first-order valence-electron chi connectivity index (χ1n) is 6.66. The van der Waals surface area contributed by atoms with Gasteiger partial charge in [-0.2, -0.15) is 0 Å². The molecule has 1 aromatic rings. The molecule has 0 amide bonds. The van der Waals surface area contributed by atoms with Gasteiger partial charge >= 0.3 is 8.80 Å². The summed E-state index contributed by atoms with van der Waals surface area (Å²) in [5.74, 6) is -9.80. The maximum Gasteiger partial charge on any atom is 0.501 e. The molecule has 0 aliphatic carbocycles. The Morgan fingerprint density at radius 1 is 0.773 bits per heavy atom. The topological polar surface area (TPSA) is 27.7 Å². The van der Waals surface area contributed by atoms with Gasteiger partial charge in [-0.3, -0.25) is 0 Å². The SMILES string of the molecule is CCO[Si](CCc1c(F)c(F)c(F)c(F)c1F)(OC)OCC. The van der Waals surface area contributed by atoms with Gasteiger partial charge in [0.1, 0.15) is 0 Å². The van der Waals surface area contributed by atoms with Crippen LogP contribution in [0.5, 0.6) is 0 Å². The molecule has 0 unspecified atom stereocenters. The molecule has 0 fully saturated rings. The van der Waals surface area contributed by atoms with Gasteiger partial charge in [0.05, 0.1) is 0 Å². The molecule has 0 radical (unpaired) electrons. The molecule has 0 aromatic heterocycles. The van der Waals surface area contributed by atoms with Gasteiger partial charge in [0.2, 0.25) is 5.82 Å². The van der Waals surface area contributed by atoms with Crippen LogP contribution >= 0.6 is 0 Å². The molecule has 9 heteroatoms. The Morgan fingerprint density at radius 2 is 1.18 bits per heavy atom. The number of hydrogen-bond donors (Lipinski definition) is 0. The number of hydrogen-bond acceptors (Lipinski definition) is 3. The first kappa shape index (κ1) is 19.0. The third kappa shape index (κ3) is 3.83. The van der Waals surface area contributed by atoms with Gasteiger partial charge in [0.15, 0.2) is 23.3 Å². The predicted octanol–water partition coefficient (Wildman–Crippen LogP) is 3.58. The van der Waals surface area contributed by atoms with E-state index in [2.05, 4.69) is 0 Å². The zero-order valence-corrected chi connectivity index (χ0v) is 13.4. The van der Waals surface area contributed by atoms with Crippen LogP contribution in [0.3, 0.4) is 0 Å². The normalized spacial score (nSPS) is 12.0. The van der Waals surface area contributed by atoms with Crippen molar-refractivity contribution < 1.29 is 35.2 Å². The Labute approximate surface area is 126 Å². The summed E-state index contributed by atoms with van der Waals surface area (Å²) >= 11 is 0. The van der Waals surface area contributed by atoms with Crippen molar-refractivity contribution in [2.45, 2.75) is 26.3 Å². The van der Waals surface area contributed by atoms with Crippen molar-refractivity contribution in [2.75, 3.05) is 20.3 Å². The van der Waals surface area contributed by atoms with E-state index in [0.717, 1.165) is 0 Å². The monoisotopic (exact) mass is 344 g/mol. The van der Waals surface area contributed by atoms with Crippen molar-refractivity contribution in [3.05, 3.63) is 34.6 Å². The Hall–Kier alpha value is -1.03. The quantitative estimate of drug-likeness (QED) is 0.312. The predicted molar refractivity (Wildman–Crippen MR) is 70.8 cm³/mol. The Bertz CT molecular complexity index is 492. The smallest absolute Gasteiger partial charge is 0.377 e. The van der Waals surface area contributed by atoms with E-state index < -0.39 is 49.9 Å². The van der Waals surface area contributed by atoms with E-state index in [9.17, 15) is 22.0 Å². The van der Waals surface area contributed by atoms with Crippen LogP contribution in [-0.4, -0.2) is 29.1 Å². The molecule has 22 heavy (non-hydrogen) atoms. The zero-order chi connectivity index (χ0) is 16.9. The maximum absolute atomic E-state index is 13.6. The van der Waals surface area contributed by atoms with Crippen LogP contribution in [0.25, 0.3) is 0 Å². The molecule has 0 saturated carbocycles. The van der Waals surface area contributed by atoms with Gasteiger partial charge in [-0.15, -0.1) is 0 Å². The molecule has 0 aliphatic heterocycles. The second-order valence-corrected chi connectivity index (χ2v) is 7.15. The summed E-state index contributed by atoms with van der Waals surface area (Å²) in [6, 6.07) is -0.108. The lowest BCUT2D eigenvalue weighted by molar-refractivity contribution is 0.0866. The van der Waals surface area contributed by atoms with Crippen LogP contribution in [0.4, 0.5) is 22.0 Å². The molecule has 1 rings (SSSR count). The third-order valence-electron chi connectivity index (χ3n) is 3.02. The van der Waals surface area contributed by atoms with Crippen molar-refractivity contribution in [3.63, 3.8) is 0 Å². The third-order valence-corrected chi connectivity index (χ3v) is 5.96. The summed E-state index contributed by atoms with van der Waals surface area (Å²) in [6.07, 6.45) is -0.453. The van der Waals surface area contributed by atoms with Crippen LogP contribution in [0.2, 0.25) is 6.04 Å². The summed E-state index contributed by atoms with van der Waals surface area (Å²) in [7, 11) is -1.90. The van der Waals surface area contributed by atoms with Crippen LogP contribution in [0.1, 0.15) is 19.4 Å². The lowest BCUT2D eigenvalue weighted by Crippen LogP contribution is -2.45. The highest BCUT2D eigenvalue weighted by Gasteiger charge is 2.40. The minimum atomic E-state index is -3.22. The van der Waals surface area contributed by atoms with E-state index in [1.54, 1.807) is 13.8 Å². The molecule has 1 aromatic carbocycles. The summed E-state index contributed by atoms with van der Waals surface area (Å²) in [6.45, 7) is 3.82. The molecule has 0 bridgehead atoms. The highest BCUT2D eigenvalue weighted by molar-refractivity contribution is 6.60. The summed E-state index contributed by atoms with van der Waals surface area (Å²) in [5.41, 5.74) is -0.898. The Morgan fingerprint density at radius 3 is 1.55 bits per heavy atom. The molecule has 126 valence electrons. The highest BCUT2D eigenvalue weighted by Crippen LogP contribution is 2.26. The Balaban J connectivity index is 3.09.